The van der Waals surface area contributed by atoms with Crippen LogP contribution in [0, 0.1) is 34.3 Å². The van der Waals surface area contributed by atoms with E-state index in [0.29, 0.717) is 5.56 Å². The van der Waals surface area contributed by atoms with Crippen molar-refractivity contribution in [1.82, 2.24) is 10.3 Å². The summed E-state index contributed by atoms with van der Waals surface area (Å²) in [5, 5.41) is 30.9. The first kappa shape index (κ1) is 28.9. The van der Waals surface area contributed by atoms with Gasteiger partial charge in [-0.25, -0.2) is 9.99 Å². The minimum Gasteiger partial charge on any atom is -0.360 e. The van der Waals surface area contributed by atoms with Crippen LogP contribution in [-0.4, -0.2) is 49.6 Å². The zero-order valence-corrected chi connectivity index (χ0v) is 22.9. The molecule has 1 aliphatic heterocycles. The highest BCUT2D eigenvalue weighted by Gasteiger charge is 2.39. The largest absolute Gasteiger partial charge is 0.360 e. The van der Waals surface area contributed by atoms with E-state index in [-0.39, 0.29) is 39.9 Å². The summed E-state index contributed by atoms with van der Waals surface area (Å²) in [5.41, 5.74) is 0.366. The standard InChI is InChI=1S/C25H20ClN7O7S/c1-14-10-15(12-27)11-18(23(34)28-2)21(14)30-24(35)19-13-32(22-20(26)4-3-9-29-22)31-25(19)40-41(38,39)17-7-5-16(6-8-17)33(36)37/h3-11,19H,13H2,1-2H3,(H,28,34)(H,30,35). The van der Waals surface area contributed by atoms with Gasteiger partial charge < -0.3 is 14.8 Å². The van der Waals surface area contributed by atoms with Crippen LogP contribution in [0.3, 0.4) is 0 Å². The molecule has 0 aliphatic carbocycles. The molecule has 3 aromatic rings. The number of benzene rings is 2. The molecule has 0 bridgehead atoms. The Labute approximate surface area is 238 Å². The van der Waals surface area contributed by atoms with E-state index in [9.17, 15) is 33.4 Å². The molecule has 2 N–H and O–H groups in total. The van der Waals surface area contributed by atoms with Crippen LogP contribution in [0.4, 0.5) is 17.2 Å². The Morgan fingerprint density at radius 2 is 1.95 bits per heavy atom. The second-order valence-electron chi connectivity index (χ2n) is 8.57. The molecule has 0 spiro atoms. The van der Waals surface area contributed by atoms with Gasteiger partial charge >= 0.3 is 10.1 Å². The molecule has 2 aromatic carbocycles. The lowest BCUT2D eigenvalue weighted by atomic mass is 10.0. The molecule has 0 radical (unpaired) electrons. The number of carbonyl (C=O) groups excluding carboxylic acids is 2. The molecule has 14 nitrogen and oxygen atoms in total. The highest BCUT2D eigenvalue weighted by Crippen LogP contribution is 2.31. The van der Waals surface area contributed by atoms with Crippen LogP contribution in [0.1, 0.15) is 21.5 Å². The molecule has 2 amide bonds. The second kappa shape index (κ2) is 11.6. The van der Waals surface area contributed by atoms with Gasteiger partial charge in [0.1, 0.15) is 10.8 Å². The second-order valence-corrected chi connectivity index (χ2v) is 10.5. The van der Waals surface area contributed by atoms with Gasteiger partial charge in [-0.3, -0.25) is 19.7 Å². The maximum Gasteiger partial charge on any atom is 0.340 e. The van der Waals surface area contributed by atoms with Gasteiger partial charge in [0.05, 0.1) is 39.4 Å². The highest BCUT2D eigenvalue weighted by atomic mass is 35.5. The molecule has 16 heteroatoms. The number of nitro groups is 1. The molecule has 1 aliphatic rings. The first-order chi connectivity index (χ1) is 19.4. The lowest BCUT2D eigenvalue weighted by Crippen LogP contribution is -2.35. The molecule has 210 valence electrons. The number of nitriles is 1. The van der Waals surface area contributed by atoms with Gasteiger partial charge in [0.2, 0.25) is 11.8 Å². The number of hydrogen-bond acceptors (Lipinski definition) is 11. The topological polar surface area (TPSA) is 197 Å². The zero-order chi connectivity index (χ0) is 29.9. The van der Waals surface area contributed by atoms with Crippen LogP contribution in [-0.2, 0) is 19.1 Å². The van der Waals surface area contributed by atoms with Crippen LogP contribution in [0.5, 0.6) is 0 Å². The Bertz CT molecular complexity index is 1740. The van der Waals surface area contributed by atoms with Gasteiger partial charge in [-0.1, -0.05) is 11.6 Å². The summed E-state index contributed by atoms with van der Waals surface area (Å²) in [6, 6.07) is 11.8. The quantitative estimate of drug-likeness (QED) is 0.232. The first-order valence-electron chi connectivity index (χ1n) is 11.7. The van der Waals surface area contributed by atoms with E-state index in [0.717, 1.165) is 24.3 Å². The van der Waals surface area contributed by atoms with Crippen molar-refractivity contribution in [3.05, 3.63) is 86.6 Å². The Hall–Kier alpha value is -5.07. The van der Waals surface area contributed by atoms with E-state index in [1.165, 1.54) is 36.5 Å². The minimum atomic E-state index is -4.60. The summed E-state index contributed by atoms with van der Waals surface area (Å²) < 4.78 is 31.4. The lowest BCUT2D eigenvalue weighted by Gasteiger charge is -2.18. The number of aromatic nitrogens is 1. The van der Waals surface area contributed by atoms with Crippen molar-refractivity contribution in [1.29, 1.82) is 5.26 Å². The number of nitrogens with one attached hydrogen (secondary N) is 2. The molecule has 1 unspecified atom stereocenters. The molecule has 0 fully saturated rings. The number of non-ortho nitro benzene ring substituents is 1. The Morgan fingerprint density at radius 3 is 2.56 bits per heavy atom. The van der Waals surface area contributed by atoms with Crippen LogP contribution in [0.15, 0.2) is 64.7 Å². The highest BCUT2D eigenvalue weighted by molar-refractivity contribution is 7.87. The number of nitro benzene ring substituents is 1. The third-order valence-electron chi connectivity index (χ3n) is 5.89. The van der Waals surface area contributed by atoms with Crippen LogP contribution < -0.4 is 15.6 Å². The molecule has 1 aromatic heterocycles. The van der Waals surface area contributed by atoms with Crippen molar-refractivity contribution in [3.8, 4) is 6.07 Å². The van der Waals surface area contributed by atoms with Crippen molar-refractivity contribution in [2.75, 3.05) is 23.9 Å². The molecular formula is C25H20ClN7O7S. The van der Waals surface area contributed by atoms with Crippen LogP contribution >= 0.6 is 11.6 Å². The van der Waals surface area contributed by atoms with Gasteiger partial charge in [0.15, 0.2) is 5.82 Å². The lowest BCUT2D eigenvalue weighted by molar-refractivity contribution is -0.384. The number of hydrogen-bond donors (Lipinski definition) is 2. The molecule has 0 saturated carbocycles. The fourth-order valence-corrected chi connectivity index (χ4v) is 5.05. The fraction of sp³-hybridized carbons (Fsp3) is 0.160. The number of rotatable bonds is 7. The predicted molar refractivity (Wildman–Crippen MR) is 147 cm³/mol. The summed E-state index contributed by atoms with van der Waals surface area (Å²) in [4.78, 5) is 40.1. The van der Waals surface area contributed by atoms with Gasteiger partial charge in [-0.2, -0.15) is 13.7 Å². The third kappa shape index (κ3) is 6.08. The van der Waals surface area contributed by atoms with Gasteiger partial charge in [-0.15, -0.1) is 5.10 Å². The molecule has 4 rings (SSSR count). The molecule has 2 heterocycles. The van der Waals surface area contributed by atoms with Crippen molar-refractivity contribution in [2.45, 2.75) is 11.8 Å². The van der Waals surface area contributed by atoms with Crippen LogP contribution in [0.25, 0.3) is 0 Å². The summed E-state index contributed by atoms with van der Waals surface area (Å²) in [7, 11) is -3.21. The van der Waals surface area contributed by atoms with Crippen molar-refractivity contribution in [2.24, 2.45) is 11.0 Å². The number of hydrazone groups is 1. The van der Waals surface area contributed by atoms with Crippen molar-refractivity contribution >= 4 is 56.6 Å². The third-order valence-corrected chi connectivity index (χ3v) is 7.42. The van der Waals surface area contributed by atoms with Crippen molar-refractivity contribution < 1.29 is 27.1 Å². The molecule has 41 heavy (non-hydrogen) atoms. The van der Waals surface area contributed by atoms with Gasteiger partial charge in [-0.05, 0) is 48.9 Å². The summed E-state index contributed by atoms with van der Waals surface area (Å²) >= 11 is 6.24. The van der Waals surface area contributed by atoms with Gasteiger partial charge in [0, 0.05) is 25.4 Å². The summed E-state index contributed by atoms with van der Waals surface area (Å²) in [5.74, 6) is -3.10. The number of halogens is 1. The predicted octanol–water partition coefficient (Wildman–Crippen LogP) is 2.98. The maximum absolute atomic E-state index is 13.6. The maximum atomic E-state index is 13.6. The van der Waals surface area contributed by atoms with E-state index in [2.05, 4.69) is 20.7 Å². The SMILES string of the molecule is CNC(=O)c1cc(C#N)cc(C)c1NC(=O)C1CN(c2ncccc2Cl)N=C1OS(=O)(=O)c1ccc([N+](=O)[O-])cc1. The average Bonchev–Trinajstić information content (AvgIpc) is 3.36. The molecule has 0 saturated heterocycles. The number of pyridine rings is 1. The van der Waals surface area contributed by atoms with Gasteiger partial charge in [0.25, 0.3) is 11.6 Å². The fourth-order valence-electron chi connectivity index (χ4n) is 3.89. The van der Waals surface area contributed by atoms with E-state index in [1.807, 2.05) is 6.07 Å². The molecule has 1 atom stereocenters. The Kier molecular flexibility index (Phi) is 8.17. The average molecular weight is 598 g/mol. The number of nitrogens with zero attached hydrogens (tertiary/aromatic N) is 5. The Morgan fingerprint density at radius 1 is 1.24 bits per heavy atom. The minimum absolute atomic E-state index is 0.0120. The van der Waals surface area contributed by atoms with Crippen LogP contribution in [0.2, 0.25) is 5.02 Å². The normalized spacial score (nSPS) is 14.5. The van der Waals surface area contributed by atoms with E-state index in [4.69, 9.17) is 15.8 Å². The van der Waals surface area contributed by atoms with Crippen molar-refractivity contribution in [3.63, 3.8) is 0 Å². The number of aryl methyl sites for hydroxylation is 1. The summed E-state index contributed by atoms with van der Waals surface area (Å²) in [6.45, 7) is 1.35. The monoisotopic (exact) mass is 597 g/mol. The Balaban J connectivity index is 1.71. The summed E-state index contributed by atoms with van der Waals surface area (Å²) in [6.07, 6.45) is 1.42. The number of carbonyl (C=O) groups is 2. The van der Waals surface area contributed by atoms with E-state index in [1.54, 1.807) is 13.0 Å². The number of amides is 2. The van der Waals surface area contributed by atoms with E-state index < -0.39 is 43.6 Å². The first-order valence-corrected chi connectivity index (χ1v) is 13.5. The smallest absolute Gasteiger partial charge is 0.340 e. The zero-order valence-electron chi connectivity index (χ0n) is 21.4. The van der Waals surface area contributed by atoms with E-state index >= 15 is 0 Å². The number of anilines is 2. The molecular weight excluding hydrogens is 578 g/mol.